The smallest absolute Gasteiger partial charge is 0.135 e. The van der Waals surface area contributed by atoms with E-state index in [1.165, 1.54) is 11.2 Å². The van der Waals surface area contributed by atoms with Crippen molar-refractivity contribution in [3.8, 4) is 0 Å². The highest BCUT2D eigenvalue weighted by molar-refractivity contribution is 9.10. The minimum absolute atomic E-state index is 0.571. The Hall–Kier alpha value is -1.14. The number of anilines is 2. The molecule has 0 aliphatic rings. The molecule has 0 radical (unpaired) electrons. The number of halogens is 1. The third-order valence-electron chi connectivity index (χ3n) is 2.53. The zero-order valence-electron chi connectivity index (χ0n) is 10.1. The fraction of sp³-hybridized carbons (Fsp3) is 0.333. The van der Waals surface area contributed by atoms with Gasteiger partial charge in [0.1, 0.15) is 18.0 Å². The Morgan fingerprint density at radius 3 is 2.94 bits per heavy atom. The van der Waals surface area contributed by atoms with Crippen molar-refractivity contribution >= 4 is 38.9 Å². The summed E-state index contributed by atoms with van der Waals surface area (Å²) in [6.07, 6.45) is 3.42. The van der Waals surface area contributed by atoms with E-state index < -0.39 is 0 Å². The van der Waals surface area contributed by atoms with Gasteiger partial charge in [-0.1, -0.05) is 13.3 Å². The van der Waals surface area contributed by atoms with Gasteiger partial charge in [-0.25, -0.2) is 9.97 Å². The molecule has 2 heterocycles. The molecule has 18 heavy (non-hydrogen) atoms. The molecule has 2 aromatic rings. The van der Waals surface area contributed by atoms with E-state index in [-0.39, 0.29) is 0 Å². The minimum atomic E-state index is 0.571. The number of hydrogen-bond acceptors (Lipinski definition) is 5. The topological polar surface area (TPSA) is 63.8 Å². The summed E-state index contributed by atoms with van der Waals surface area (Å²) >= 11 is 5.15. The van der Waals surface area contributed by atoms with Crippen LogP contribution in [0, 0.1) is 0 Å². The van der Waals surface area contributed by atoms with E-state index in [2.05, 4.69) is 49.6 Å². The van der Waals surface area contributed by atoms with E-state index in [0.717, 1.165) is 35.2 Å². The van der Waals surface area contributed by atoms with Crippen molar-refractivity contribution in [2.75, 3.05) is 11.1 Å². The number of rotatable bonds is 5. The molecule has 0 spiro atoms. The molecule has 3 N–H and O–H groups in total. The van der Waals surface area contributed by atoms with E-state index in [1.807, 2.05) is 0 Å². The maximum atomic E-state index is 5.88. The van der Waals surface area contributed by atoms with E-state index >= 15 is 0 Å². The van der Waals surface area contributed by atoms with Crippen LogP contribution in [0.5, 0.6) is 0 Å². The summed E-state index contributed by atoms with van der Waals surface area (Å²) < 4.78 is 1.11. The predicted octanol–water partition coefficient (Wildman–Crippen LogP) is 3.45. The zero-order chi connectivity index (χ0) is 13.0. The van der Waals surface area contributed by atoms with Crippen molar-refractivity contribution in [2.24, 2.45) is 0 Å². The van der Waals surface area contributed by atoms with Gasteiger partial charge in [0.2, 0.25) is 0 Å². The van der Waals surface area contributed by atoms with Gasteiger partial charge in [-0.15, -0.1) is 11.3 Å². The maximum absolute atomic E-state index is 5.88. The Labute approximate surface area is 119 Å². The standard InChI is InChI=1S/C12H15BrN4S/c1-2-3-10-11(14)16-7-17-12(10)15-5-9-4-8(13)6-18-9/h4,6-7H,2-3,5H2,1H3,(H3,14,15,16,17). The highest BCUT2D eigenvalue weighted by Crippen LogP contribution is 2.23. The van der Waals surface area contributed by atoms with Crippen LogP contribution in [0.1, 0.15) is 23.8 Å². The Kier molecular flexibility index (Phi) is 4.54. The van der Waals surface area contributed by atoms with E-state index in [0.29, 0.717) is 5.82 Å². The van der Waals surface area contributed by atoms with Crippen LogP contribution < -0.4 is 11.1 Å². The first-order chi connectivity index (χ1) is 8.70. The molecule has 0 aliphatic heterocycles. The van der Waals surface area contributed by atoms with Crippen molar-refractivity contribution in [2.45, 2.75) is 26.3 Å². The summed E-state index contributed by atoms with van der Waals surface area (Å²) in [7, 11) is 0. The maximum Gasteiger partial charge on any atom is 0.135 e. The van der Waals surface area contributed by atoms with Crippen LogP contribution in [0.3, 0.4) is 0 Å². The fourth-order valence-electron chi connectivity index (χ4n) is 1.69. The number of nitrogens with two attached hydrogens (primary N) is 1. The predicted molar refractivity (Wildman–Crippen MR) is 79.8 cm³/mol. The molecule has 4 nitrogen and oxygen atoms in total. The fourth-order valence-corrected chi connectivity index (χ4v) is 3.08. The quantitative estimate of drug-likeness (QED) is 0.883. The lowest BCUT2D eigenvalue weighted by Crippen LogP contribution is -2.07. The summed E-state index contributed by atoms with van der Waals surface area (Å²) in [4.78, 5) is 9.56. The van der Waals surface area contributed by atoms with Gasteiger partial charge in [0.15, 0.2) is 0 Å². The Bertz CT molecular complexity index is 527. The number of nitrogens with one attached hydrogen (secondary N) is 1. The average Bonchev–Trinajstić information content (AvgIpc) is 2.76. The van der Waals surface area contributed by atoms with Crippen molar-refractivity contribution < 1.29 is 0 Å². The van der Waals surface area contributed by atoms with Gasteiger partial charge in [-0.05, 0) is 28.4 Å². The van der Waals surface area contributed by atoms with Gasteiger partial charge in [0, 0.05) is 20.3 Å². The summed E-state index contributed by atoms with van der Waals surface area (Å²) in [6.45, 7) is 2.87. The molecule has 0 unspecified atom stereocenters. The van der Waals surface area contributed by atoms with E-state index in [1.54, 1.807) is 11.3 Å². The lowest BCUT2D eigenvalue weighted by Gasteiger charge is -2.10. The molecule has 0 aliphatic carbocycles. The molecule has 2 aromatic heterocycles. The molecular weight excluding hydrogens is 312 g/mol. The third kappa shape index (κ3) is 3.20. The van der Waals surface area contributed by atoms with Crippen LogP contribution in [-0.2, 0) is 13.0 Å². The van der Waals surface area contributed by atoms with E-state index in [4.69, 9.17) is 5.73 Å². The molecule has 0 fully saturated rings. The van der Waals surface area contributed by atoms with Gasteiger partial charge < -0.3 is 11.1 Å². The lowest BCUT2D eigenvalue weighted by molar-refractivity contribution is 0.902. The Morgan fingerprint density at radius 1 is 1.44 bits per heavy atom. The van der Waals surface area contributed by atoms with Gasteiger partial charge >= 0.3 is 0 Å². The zero-order valence-corrected chi connectivity index (χ0v) is 12.5. The van der Waals surface area contributed by atoms with Crippen LogP contribution in [0.15, 0.2) is 22.2 Å². The molecule has 0 saturated heterocycles. The second-order valence-corrected chi connectivity index (χ2v) is 5.83. The molecule has 96 valence electrons. The van der Waals surface area contributed by atoms with Gasteiger partial charge in [0.25, 0.3) is 0 Å². The van der Waals surface area contributed by atoms with Crippen LogP contribution in [-0.4, -0.2) is 9.97 Å². The first-order valence-electron chi connectivity index (χ1n) is 5.76. The molecule has 0 saturated carbocycles. The second-order valence-electron chi connectivity index (χ2n) is 3.92. The highest BCUT2D eigenvalue weighted by atomic mass is 79.9. The van der Waals surface area contributed by atoms with Crippen LogP contribution in [0.25, 0.3) is 0 Å². The van der Waals surface area contributed by atoms with Gasteiger partial charge in [-0.3, -0.25) is 0 Å². The first kappa shape index (κ1) is 13.3. The van der Waals surface area contributed by atoms with Gasteiger partial charge in [-0.2, -0.15) is 0 Å². The SMILES string of the molecule is CCCc1c(N)ncnc1NCc1cc(Br)cs1. The summed E-state index contributed by atoms with van der Waals surface area (Å²) in [5.74, 6) is 1.41. The minimum Gasteiger partial charge on any atom is -0.383 e. The van der Waals surface area contributed by atoms with Crippen molar-refractivity contribution in [1.82, 2.24) is 9.97 Å². The van der Waals surface area contributed by atoms with Crippen molar-refractivity contribution in [1.29, 1.82) is 0 Å². The van der Waals surface area contributed by atoms with Crippen molar-refractivity contribution in [3.63, 3.8) is 0 Å². The van der Waals surface area contributed by atoms with Crippen LogP contribution in [0.4, 0.5) is 11.6 Å². The normalized spacial score (nSPS) is 10.6. The average molecular weight is 327 g/mol. The molecule has 0 amide bonds. The molecule has 2 rings (SSSR count). The summed E-state index contributed by atoms with van der Waals surface area (Å²) in [5, 5.41) is 5.39. The molecule has 0 bridgehead atoms. The summed E-state index contributed by atoms with van der Waals surface area (Å²) in [5.41, 5.74) is 6.89. The van der Waals surface area contributed by atoms with E-state index in [9.17, 15) is 0 Å². The lowest BCUT2D eigenvalue weighted by atomic mass is 10.1. The van der Waals surface area contributed by atoms with Crippen LogP contribution in [0.2, 0.25) is 0 Å². The largest absolute Gasteiger partial charge is 0.383 e. The summed E-state index contributed by atoms with van der Waals surface area (Å²) in [6, 6.07) is 2.10. The molecule has 0 atom stereocenters. The molecular formula is C12H15BrN4S. The van der Waals surface area contributed by atoms with Gasteiger partial charge in [0.05, 0.1) is 6.54 Å². The molecule has 6 heteroatoms. The number of hydrogen-bond donors (Lipinski definition) is 2. The number of aromatic nitrogens is 2. The Morgan fingerprint density at radius 2 is 2.28 bits per heavy atom. The monoisotopic (exact) mass is 326 g/mol. The first-order valence-corrected chi connectivity index (χ1v) is 7.44. The third-order valence-corrected chi connectivity index (χ3v) is 4.23. The number of nitrogen functional groups attached to an aromatic ring is 1. The number of thiophene rings is 1. The number of nitrogens with zero attached hydrogens (tertiary/aromatic N) is 2. The Balaban J connectivity index is 2.11. The second kappa shape index (κ2) is 6.15. The van der Waals surface area contributed by atoms with Crippen molar-refractivity contribution in [3.05, 3.63) is 32.7 Å². The highest BCUT2D eigenvalue weighted by Gasteiger charge is 2.08. The molecule has 0 aromatic carbocycles. The van der Waals surface area contributed by atoms with Crippen LogP contribution >= 0.6 is 27.3 Å².